The van der Waals surface area contributed by atoms with E-state index in [2.05, 4.69) is 31.2 Å². The second kappa shape index (κ2) is 3.96. The molecule has 1 aromatic rings. The van der Waals surface area contributed by atoms with E-state index in [9.17, 15) is 5.11 Å². The van der Waals surface area contributed by atoms with Crippen LogP contribution in [0.25, 0.3) is 0 Å². The number of aliphatic hydroxyl groups excluding tert-OH is 1. The average molecular weight is 284 g/mol. The molecule has 2 N–H and O–H groups in total. The van der Waals surface area contributed by atoms with E-state index in [1.807, 2.05) is 6.07 Å². The molecule has 0 atom stereocenters. The van der Waals surface area contributed by atoms with Crippen molar-refractivity contribution in [3.05, 3.63) is 16.5 Å². The molecule has 0 unspecified atom stereocenters. The molecule has 0 bridgehead atoms. The summed E-state index contributed by atoms with van der Waals surface area (Å²) in [5.41, 5.74) is 0. The highest BCUT2D eigenvalue weighted by atomic mass is 79.9. The van der Waals surface area contributed by atoms with Gasteiger partial charge in [0, 0.05) is 18.0 Å². The van der Waals surface area contributed by atoms with Gasteiger partial charge in [-0.2, -0.15) is 0 Å². The van der Waals surface area contributed by atoms with Gasteiger partial charge in [-0.05, 0) is 41.6 Å². The van der Waals surface area contributed by atoms with E-state index in [1.54, 1.807) is 0 Å². The minimum atomic E-state index is -0.134. The number of nitrogens with one attached hydrogen (secondary N) is 1. The first-order valence-corrected chi connectivity index (χ1v) is 6.49. The van der Waals surface area contributed by atoms with Gasteiger partial charge in [-0.25, -0.2) is 9.97 Å². The summed E-state index contributed by atoms with van der Waals surface area (Å²) in [5, 5.41) is 12.6. The van der Waals surface area contributed by atoms with Crippen molar-refractivity contribution < 1.29 is 5.11 Å². The maximum absolute atomic E-state index is 9.22. The number of anilines is 1. The number of nitrogens with zero attached hydrogens (tertiary/aromatic N) is 2. The molecule has 1 heterocycles. The normalized spacial score (nSPS) is 28.6. The van der Waals surface area contributed by atoms with Crippen LogP contribution in [0.1, 0.15) is 37.4 Å². The second-order valence-electron chi connectivity index (χ2n) is 4.67. The SMILES string of the molecule is OC1CC(Nc2cc(Br)nc(C3CC3)n2)C1. The largest absolute Gasteiger partial charge is 0.393 e. The Balaban J connectivity index is 1.73. The van der Waals surface area contributed by atoms with Crippen LogP contribution < -0.4 is 5.32 Å². The lowest BCUT2D eigenvalue weighted by atomic mass is 9.89. The van der Waals surface area contributed by atoms with Crippen molar-refractivity contribution in [1.82, 2.24) is 9.97 Å². The number of halogens is 1. The van der Waals surface area contributed by atoms with Crippen LogP contribution in [-0.2, 0) is 0 Å². The van der Waals surface area contributed by atoms with Gasteiger partial charge in [-0.1, -0.05) is 0 Å². The van der Waals surface area contributed by atoms with Crippen LogP contribution in [0.4, 0.5) is 5.82 Å². The molecule has 2 saturated carbocycles. The zero-order chi connectivity index (χ0) is 11.1. The maximum atomic E-state index is 9.22. The third kappa shape index (κ3) is 2.20. The first-order chi connectivity index (χ1) is 7.70. The second-order valence-corrected chi connectivity index (χ2v) is 5.49. The van der Waals surface area contributed by atoms with Crippen LogP contribution in [0.2, 0.25) is 0 Å². The van der Waals surface area contributed by atoms with Gasteiger partial charge >= 0.3 is 0 Å². The molecule has 2 aliphatic carbocycles. The molecule has 0 aromatic carbocycles. The molecule has 0 spiro atoms. The quantitative estimate of drug-likeness (QED) is 0.834. The van der Waals surface area contributed by atoms with Gasteiger partial charge in [-0.3, -0.25) is 0 Å². The Morgan fingerprint density at radius 1 is 1.31 bits per heavy atom. The molecule has 1 aromatic heterocycles. The molecule has 0 aliphatic heterocycles. The molecule has 3 rings (SSSR count). The molecule has 86 valence electrons. The molecular formula is C11H14BrN3O. The predicted molar refractivity (Wildman–Crippen MR) is 64.4 cm³/mol. The highest BCUT2D eigenvalue weighted by Gasteiger charge is 2.29. The third-order valence-electron chi connectivity index (χ3n) is 3.12. The lowest BCUT2D eigenvalue weighted by Crippen LogP contribution is -2.39. The van der Waals surface area contributed by atoms with Crippen molar-refractivity contribution in [2.75, 3.05) is 5.32 Å². The fourth-order valence-electron chi connectivity index (χ4n) is 1.95. The summed E-state index contributed by atoms with van der Waals surface area (Å²) in [6.07, 6.45) is 3.92. The lowest BCUT2D eigenvalue weighted by molar-refractivity contribution is 0.0835. The number of hydrogen-bond acceptors (Lipinski definition) is 4. The minimum absolute atomic E-state index is 0.134. The van der Waals surface area contributed by atoms with Crippen molar-refractivity contribution in [1.29, 1.82) is 0 Å². The Labute approximate surface area is 103 Å². The van der Waals surface area contributed by atoms with E-state index in [4.69, 9.17) is 0 Å². The van der Waals surface area contributed by atoms with Gasteiger partial charge in [-0.15, -0.1) is 0 Å². The third-order valence-corrected chi connectivity index (χ3v) is 3.53. The van der Waals surface area contributed by atoms with Crippen LogP contribution in [0.3, 0.4) is 0 Å². The van der Waals surface area contributed by atoms with Crippen molar-refractivity contribution in [3.63, 3.8) is 0 Å². The predicted octanol–water partition coefficient (Wildman–Crippen LogP) is 2.05. The first kappa shape index (κ1) is 10.5. The van der Waals surface area contributed by atoms with E-state index in [-0.39, 0.29) is 6.10 Å². The molecule has 2 fully saturated rings. The summed E-state index contributed by atoms with van der Waals surface area (Å²) in [6.45, 7) is 0. The van der Waals surface area contributed by atoms with Gasteiger partial charge in [0.05, 0.1) is 6.10 Å². The van der Waals surface area contributed by atoms with Crippen LogP contribution in [0, 0.1) is 0 Å². The molecule has 0 radical (unpaired) electrons. The molecule has 2 aliphatic rings. The van der Waals surface area contributed by atoms with Crippen LogP contribution in [0.5, 0.6) is 0 Å². The number of hydrogen-bond donors (Lipinski definition) is 2. The van der Waals surface area contributed by atoms with Crippen LogP contribution >= 0.6 is 15.9 Å². The number of aromatic nitrogens is 2. The van der Waals surface area contributed by atoms with Crippen LogP contribution in [0.15, 0.2) is 10.7 Å². The monoisotopic (exact) mass is 283 g/mol. The number of rotatable bonds is 3. The summed E-state index contributed by atoms with van der Waals surface area (Å²) in [5.74, 6) is 2.38. The van der Waals surface area contributed by atoms with Gasteiger partial charge in [0.1, 0.15) is 16.2 Å². The fourth-order valence-corrected chi connectivity index (χ4v) is 2.35. The minimum Gasteiger partial charge on any atom is -0.393 e. The first-order valence-electron chi connectivity index (χ1n) is 5.70. The van der Waals surface area contributed by atoms with Crippen molar-refractivity contribution >= 4 is 21.7 Å². The van der Waals surface area contributed by atoms with Gasteiger partial charge in [0.25, 0.3) is 0 Å². The molecular weight excluding hydrogens is 270 g/mol. The molecule has 16 heavy (non-hydrogen) atoms. The Bertz CT molecular complexity index is 402. The van der Waals surface area contributed by atoms with Gasteiger partial charge in [0.2, 0.25) is 0 Å². The van der Waals surface area contributed by atoms with Crippen molar-refractivity contribution in [2.45, 2.75) is 43.7 Å². The highest BCUT2D eigenvalue weighted by molar-refractivity contribution is 9.10. The van der Waals surface area contributed by atoms with E-state index >= 15 is 0 Å². The Morgan fingerprint density at radius 2 is 2.06 bits per heavy atom. The van der Waals surface area contributed by atoms with Crippen molar-refractivity contribution in [3.8, 4) is 0 Å². The van der Waals surface area contributed by atoms with Crippen molar-refractivity contribution in [2.24, 2.45) is 0 Å². The summed E-state index contributed by atoms with van der Waals surface area (Å²) < 4.78 is 0.840. The smallest absolute Gasteiger partial charge is 0.135 e. The summed E-state index contributed by atoms with van der Waals surface area (Å²) >= 11 is 3.41. The van der Waals surface area contributed by atoms with E-state index in [0.717, 1.165) is 29.1 Å². The standard InChI is InChI=1S/C11H14BrN3O/c12-9-5-10(13-7-3-8(16)4-7)15-11(14-9)6-1-2-6/h5-8,16H,1-4H2,(H,13,14,15). The van der Waals surface area contributed by atoms with E-state index < -0.39 is 0 Å². The Hall–Kier alpha value is -0.680. The Kier molecular flexibility index (Phi) is 2.59. The lowest BCUT2D eigenvalue weighted by Gasteiger charge is -2.32. The van der Waals surface area contributed by atoms with Gasteiger partial charge < -0.3 is 10.4 Å². The average Bonchev–Trinajstić information content (AvgIpc) is 2.97. The Morgan fingerprint density at radius 3 is 2.69 bits per heavy atom. The molecule has 0 saturated heterocycles. The van der Waals surface area contributed by atoms with Gasteiger partial charge in [0.15, 0.2) is 0 Å². The highest BCUT2D eigenvalue weighted by Crippen LogP contribution is 2.39. The summed E-state index contributed by atoms with van der Waals surface area (Å²) in [7, 11) is 0. The fraction of sp³-hybridized carbons (Fsp3) is 0.636. The molecule has 0 amide bonds. The molecule has 5 heteroatoms. The summed E-state index contributed by atoms with van der Waals surface area (Å²) in [6, 6.07) is 2.26. The topological polar surface area (TPSA) is 58.0 Å². The van der Waals surface area contributed by atoms with E-state index in [1.165, 1.54) is 12.8 Å². The number of aliphatic hydroxyl groups is 1. The zero-order valence-electron chi connectivity index (χ0n) is 8.86. The van der Waals surface area contributed by atoms with Crippen LogP contribution in [-0.4, -0.2) is 27.2 Å². The summed E-state index contributed by atoms with van der Waals surface area (Å²) in [4.78, 5) is 8.89. The van der Waals surface area contributed by atoms with E-state index in [0.29, 0.717) is 12.0 Å². The maximum Gasteiger partial charge on any atom is 0.135 e. The zero-order valence-corrected chi connectivity index (χ0v) is 10.4. The molecule has 4 nitrogen and oxygen atoms in total.